The Labute approximate surface area is 410 Å². The first kappa shape index (κ1) is 51.9. The van der Waals surface area contributed by atoms with Crippen LogP contribution in [0.2, 0.25) is 0 Å². The maximum atomic E-state index is 14.5. The summed E-state index contributed by atoms with van der Waals surface area (Å²) in [5.74, 6) is -10.6. The Hall–Kier alpha value is -6.46. The van der Waals surface area contributed by atoms with Crippen LogP contribution in [0, 0.1) is 11.8 Å². The monoisotopic (exact) mass is 991 g/mol. The molecule has 1 aromatic carbocycles. The van der Waals surface area contributed by atoms with Gasteiger partial charge in [0.1, 0.15) is 48.0 Å². The Morgan fingerprint density at radius 3 is 2.14 bits per heavy atom. The number of methoxy groups -OCH3 is 1. The summed E-state index contributed by atoms with van der Waals surface area (Å²) >= 11 is 1.13. The van der Waals surface area contributed by atoms with Gasteiger partial charge in [-0.3, -0.25) is 52.7 Å². The number of hydrogen-bond donors (Lipinski definition) is 10. The molecule has 2 fully saturated rings. The second kappa shape index (κ2) is 28.1. The minimum atomic E-state index is -2.53. The van der Waals surface area contributed by atoms with Gasteiger partial charge in [-0.25, -0.2) is 0 Å². The number of carbonyl (C=O) groups excluding carboxylic acids is 11. The molecule has 9 atom stereocenters. The summed E-state index contributed by atoms with van der Waals surface area (Å²) < 4.78 is 28.6. The van der Waals surface area contributed by atoms with Crippen LogP contribution >= 0.6 is 11.8 Å². The third-order valence-corrected chi connectivity index (χ3v) is 12.6. The van der Waals surface area contributed by atoms with Crippen molar-refractivity contribution in [3.05, 3.63) is 29.8 Å². The molecule has 0 bridgehead atoms. The SMILES string of the molecule is [2H]C([2H])([2H])[C@H](C)CC(NC(=O)[C@@H]1CCCN1C(=O)[C@@H]1CSCCCC(=O)N[C@@H](Cc2ccc(OC)cc2)C(=O)N[C@@H]([C@@H](C)CC)C(=O)N[C@@H](CCC(N)=O)C(=O)N[C@@H](CC(N)=O)C(=O)N1)C(=O)NCC(N)=O. The van der Waals surface area contributed by atoms with E-state index in [-0.39, 0.29) is 56.6 Å². The Bertz CT molecular complexity index is 2140. The molecule has 2 aliphatic rings. The van der Waals surface area contributed by atoms with E-state index in [1.165, 1.54) is 14.0 Å². The molecule has 0 saturated carbocycles. The van der Waals surface area contributed by atoms with Gasteiger partial charge in [0.15, 0.2) is 0 Å². The van der Waals surface area contributed by atoms with Crippen LogP contribution < -0.4 is 59.2 Å². The number of hydrogen-bond acceptors (Lipinski definition) is 13. The third kappa shape index (κ3) is 18.9. The summed E-state index contributed by atoms with van der Waals surface area (Å²) in [5.41, 5.74) is 16.7. The van der Waals surface area contributed by atoms with E-state index < -0.39 is 152 Å². The van der Waals surface area contributed by atoms with E-state index in [1.54, 1.807) is 38.1 Å². The number of nitrogens with two attached hydrogens (primary N) is 3. The van der Waals surface area contributed by atoms with Gasteiger partial charge < -0.3 is 64.1 Å². The number of ether oxygens (including phenoxy) is 1. The highest BCUT2D eigenvalue weighted by atomic mass is 32.2. The van der Waals surface area contributed by atoms with Crippen LogP contribution in [0.4, 0.5) is 0 Å². The van der Waals surface area contributed by atoms with Crippen molar-refractivity contribution in [2.75, 3.05) is 31.7 Å². The fraction of sp³-hybridized carbons (Fsp3) is 0.622. The number of benzene rings is 1. The molecule has 3 rings (SSSR count). The molecule has 23 nitrogen and oxygen atoms in total. The molecular formula is C45H69N11O12S. The van der Waals surface area contributed by atoms with Crippen LogP contribution in [0.5, 0.6) is 5.75 Å². The van der Waals surface area contributed by atoms with Crippen LogP contribution in [0.1, 0.15) is 95.1 Å². The van der Waals surface area contributed by atoms with Gasteiger partial charge in [0, 0.05) is 35.7 Å². The number of thioether (sulfide) groups is 1. The van der Waals surface area contributed by atoms with E-state index in [0.29, 0.717) is 17.7 Å². The second-order valence-corrected chi connectivity index (χ2v) is 18.3. The average molecular weight is 991 g/mol. The molecule has 0 spiro atoms. The van der Waals surface area contributed by atoms with E-state index in [4.69, 9.17) is 26.1 Å². The highest BCUT2D eigenvalue weighted by Gasteiger charge is 2.40. The van der Waals surface area contributed by atoms with Crippen molar-refractivity contribution in [1.82, 2.24) is 42.1 Å². The van der Waals surface area contributed by atoms with Gasteiger partial charge in [0.2, 0.25) is 65.0 Å². The first-order valence-electron chi connectivity index (χ1n) is 24.3. The van der Waals surface area contributed by atoms with E-state index in [1.807, 2.05) is 0 Å². The fourth-order valence-electron chi connectivity index (χ4n) is 7.57. The van der Waals surface area contributed by atoms with Gasteiger partial charge in [-0.15, -0.1) is 0 Å². The standard InChI is InChI=1S/C45H69N11O12S/c1-6-25(4)38-44(66)51-28(15-16-34(46)57)40(62)52-31(21-35(47)58)41(63)54-32(23-69-18-8-10-37(60)50-30(42(64)55-38)20-26-11-13-27(68-5)14-12-26)45(67)56-17-7-9-33(56)43(65)53-29(19-24(2)3)39(61)49-22-36(48)59/h11-14,24-25,28-33,38H,6-10,15-23H2,1-5H3,(H2,46,57)(H2,47,58)(H2,48,59)(H,49,61)(H,50,60)(H,51,66)(H,52,62)(H,53,65)(H,54,63)(H,55,64)/t25-,28-,29?,30-,31-,32-,33-,38-/m0/s1/i2D3/t24-,25+,28+,29?,30+,31+,32+,33+,38+/m1. The number of nitrogens with one attached hydrogen (secondary N) is 7. The van der Waals surface area contributed by atoms with Crippen LogP contribution in [0.25, 0.3) is 0 Å². The van der Waals surface area contributed by atoms with Gasteiger partial charge in [-0.05, 0) is 67.4 Å². The molecule has 0 radical (unpaired) electrons. The van der Waals surface area contributed by atoms with Crippen molar-refractivity contribution in [3.63, 3.8) is 0 Å². The number of amides is 11. The van der Waals surface area contributed by atoms with Crippen molar-refractivity contribution in [1.29, 1.82) is 0 Å². The molecule has 13 N–H and O–H groups in total. The molecule has 11 amide bonds. The summed E-state index contributed by atoms with van der Waals surface area (Å²) in [6.45, 7) is 1.64. The van der Waals surface area contributed by atoms with Gasteiger partial charge >= 0.3 is 0 Å². The molecule has 1 unspecified atom stereocenters. The average Bonchev–Trinajstić information content (AvgIpc) is 3.82. The lowest BCUT2D eigenvalue weighted by atomic mass is 9.96. The van der Waals surface area contributed by atoms with Crippen molar-refractivity contribution in [3.8, 4) is 5.75 Å². The predicted octanol–water partition coefficient (Wildman–Crippen LogP) is -2.50. The van der Waals surface area contributed by atoms with E-state index in [9.17, 15) is 52.7 Å². The maximum absolute atomic E-state index is 14.5. The summed E-state index contributed by atoms with van der Waals surface area (Å²) in [4.78, 5) is 148. The van der Waals surface area contributed by atoms with E-state index in [0.717, 1.165) is 16.7 Å². The molecule has 0 aliphatic carbocycles. The van der Waals surface area contributed by atoms with Gasteiger partial charge in [-0.2, -0.15) is 11.8 Å². The Morgan fingerprint density at radius 1 is 0.855 bits per heavy atom. The Balaban J connectivity index is 2.04. The van der Waals surface area contributed by atoms with Crippen molar-refractivity contribution < 1.29 is 61.6 Å². The quantitative estimate of drug-likeness (QED) is 0.0728. The molecule has 2 heterocycles. The molecule has 24 heteroatoms. The predicted molar refractivity (Wildman–Crippen MR) is 253 cm³/mol. The molecular weight excluding hydrogens is 919 g/mol. The number of nitrogens with zero attached hydrogens (tertiary/aromatic N) is 1. The lowest BCUT2D eigenvalue weighted by molar-refractivity contribution is -0.142. The molecule has 1 aromatic rings. The molecule has 2 saturated heterocycles. The topological polar surface area (TPSA) is 363 Å². The van der Waals surface area contributed by atoms with E-state index in [2.05, 4.69) is 37.2 Å². The number of primary amides is 3. The van der Waals surface area contributed by atoms with Gasteiger partial charge in [0.25, 0.3) is 0 Å². The summed E-state index contributed by atoms with van der Waals surface area (Å²) in [7, 11) is 1.49. The van der Waals surface area contributed by atoms with Crippen molar-refractivity contribution >= 4 is 76.7 Å². The van der Waals surface area contributed by atoms with Crippen LogP contribution in [-0.2, 0) is 59.2 Å². The smallest absolute Gasteiger partial charge is 0.246 e. The lowest BCUT2D eigenvalue weighted by Gasteiger charge is -2.31. The molecule has 69 heavy (non-hydrogen) atoms. The van der Waals surface area contributed by atoms with Gasteiger partial charge in [0.05, 0.1) is 20.1 Å². The minimum absolute atomic E-state index is 0.000426. The zero-order valence-corrected chi connectivity index (χ0v) is 40.2. The maximum Gasteiger partial charge on any atom is 0.246 e. The molecule has 0 aromatic heterocycles. The highest BCUT2D eigenvalue weighted by Crippen LogP contribution is 2.22. The first-order valence-corrected chi connectivity index (χ1v) is 23.9. The summed E-state index contributed by atoms with van der Waals surface area (Å²) in [5, 5.41) is 17.7. The fourth-order valence-corrected chi connectivity index (χ4v) is 8.54. The van der Waals surface area contributed by atoms with Crippen LogP contribution in [-0.4, -0.2) is 144 Å². The van der Waals surface area contributed by atoms with Crippen molar-refractivity contribution in [2.24, 2.45) is 29.0 Å². The first-order chi connectivity index (χ1) is 33.8. The number of rotatable bonds is 18. The van der Waals surface area contributed by atoms with Crippen LogP contribution in [0.15, 0.2) is 24.3 Å². The summed E-state index contributed by atoms with van der Waals surface area (Å²) in [6, 6.07) is -3.24. The molecule has 382 valence electrons. The van der Waals surface area contributed by atoms with Gasteiger partial charge in [-0.1, -0.05) is 46.2 Å². The third-order valence-electron chi connectivity index (χ3n) is 11.5. The number of likely N-dealkylation sites (tertiary alicyclic amines) is 1. The summed E-state index contributed by atoms with van der Waals surface area (Å²) in [6.07, 6.45) is -1.19. The van der Waals surface area contributed by atoms with E-state index >= 15 is 0 Å². The Morgan fingerprint density at radius 2 is 1.52 bits per heavy atom. The largest absolute Gasteiger partial charge is 0.497 e. The Kier molecular flexibility index (Phi) is 21.2. The molecule has 2 aliphatic heterocycles. The van der Waals surface area contributed by atoms with Crippen molar-refractivity contribution in [2.45, 2.75) is 134 Å². The van der Waals surface area contributed by atoms with Crippen LogP contribution in [0.3, 0.4) is 0 Å². The number of carbonyl (C=O) groups is 11. The highest BCUT2D eigenvalue weighted by molar-refractivity contribution is 7.99. The minimum Gasteiger partial charge on any atom is -0.497 e. The second-order valence-electron chi connectivity index (χ2n) is 17.2. The zero-order chi connectivity index (χ0) is 53.9. The zero-order valence-electron chi connectivity index (χ0n) is 42.4. The lowest BCUT2D eigenvalue weighted by Crippen LogP contribution is -2.61. The normalized spacial score (nSPS) is 24.4.